The minimum atomic E-state index is -0.334. The third-order valence-electron chi connectivity index (χ3n) is 6.13. The molecule has 1 aliphatic carbocycles. The van der Waals surface area contributed by atoms with Crippen molar-refractivity contribution in [2.24, 2.45) is 0 Å². The smallest absolute Gasteiger partial charge is 0.275 e. The molecule has 5 rings (SSSR count). The van der Waals surface area contributed by atoms with E-state index in [1.165, 1.54) is 45.6 Å². The summed E-state index contributed by atoms with van der Waals surface area (Å²) in [6.45, 7) is 1.95. The van der Waals surface area contributed by atoms with Crippen molar-refractivity contribution in [1.82, 2.24) is 20.0 Å². The van der Waals surface area contributed by atoms with Gasteiger partial charge in [-0.2, -0.15) is 5.26 Å². The van der Waals surface area contributed by atoms with Gasteiger partial charge in [0.1, 0.15) is 34.6 Å². The quantitative estimate of drug-likeness (QED) is 0.298. The normalized spacial score (nSPS) is 12.0. The summed E-state index contributed by atoms with van der Waals surface area (Å²) in [4.78, 5) is 36.5. The molecule has 0 bridgehead atoms. The largest absolute Gasteiger partial charge is 0.461 e. The van der Waals surface area contributed by atoms with Gasteiger partial charge in [0.15, 0.2) is 0 Å². The summed E-state index contributed by atoms with van der Waals surface area (Å²) in [5.74, 6) is 1.10. The summed E-state index contributed by atoms with van der Waals surface area (Å²) in [6.07, 6.45) is 11.0. The number of rotatable bonds is 6. The molecule has 0 atom stereocenters. The van der Waals surface area contributed by atoms with Crippen LogP contribution in [0.3, 0.4) is 0 Å². The van der Waals surface area contributed by atoms with Gasteiger partial charge in [-0.3, -0.25) is 18.8 Å². The Bertz CT molecular complexity index is 1430. The lowest BCUT2D eigenvalue weighted by Gasteiger charge is -2.05. The number of pyridine rings is 1. The summed E-state index contributed by atoms with van der Waals surface area (Å²) in [5.41, 5.74) is 2.81. The predicted molar refractivity (Wildman–Crippen MR) is 153 cm³/mol. The van der Waals surface area contributed by atoms with Gasteiger partial charge in [-0.25, -0.2) is 4.98 Å². The first kappa shape index (κ1) is 29.6. The van der Waals surface area contributed by atoms with Gasteiger partial charge in [0.2, 0.25) is 12.3 Å². The molecular formula is C30H34N6O4. The predicted octanol–water partition coefficient (Wildman–Crippen LogP) is 4.85. The van der Waals surface area contributed by atoms with Crippen LogP contribution >= 0.6 is 0 Å². The lowest BCUT2D eigenvalue weighted by molar-refractivity contribution is -0.121. The van der Waals surface area contributed by atoms with Crippen LogP contribution in [0.25, 0.3) is 17.0 Å². The Hall–Kier alpha value is -4.91. The molecule has 3 heterocycles. The van der Waals surface area contributed by atoms with Crippen LogP contribution < -0.4 is 16.0 Å². The molecule has 0 saturated heterocycles. The molecule has 3 N–H and O–H groups in total. The molecule has 10 nitrogen and oxygen atoms in total. The summed E-state index contributed by atoms with van der Waals surface area (Å²) < 4.78 is 7.18. The van der Waals surface area contributed by atoms with E-state index < -0.39 is 0 Å². The SMILES string of the molecule is C1CCCCC1.CNC(=O)CNC=O.Cc1ccc(-c2ccc(NC(=O)c3cn4c(C#N)cccc4n3)cc2)o1. The highest BCUT2D eigenvalue weighted by Crippen LogP contribution is 2.23. The second kappa shape index (κ2) is 15.5. The Morgan fingerprint density at radius 1 is 1.02 bits per heavy atom. The van der Waals surface area contributed by atoms with E-state index in [0.717, 1.165) is 17.1 Å². The lowest BCUT2D eigenvalue weighted by atomic mass is 10.0. The lowest BCUT2D eigenvalue weighted by Crippen LogP contribution is -2.30. The van der Waals surface area contributed by atoms with Crippen molar-refractivity contribution in [3.63, 3.8) is 0 Å². The second-order valence-corrected chi connectivity index (χ2v) is 9.11. The van der Waals surface area contributed by atoms with Gasteiger partial charge >= 0.3 is 0 Å². The maximum absolute atomic E-state index is 12.5. The van der Waals surface area contributed by atoms with E-state index in [-0.39, 0.29) is 24.1 Å². The zero-order valence-electron chi connectivity index (χ0n) is 22.8. The first-order valence-corrected chi connectivity index (χ1v) is 13.2. The molecule has 1 aliphatic rings. The van der Waals surface area contributed by atoms with Gasteiger partial charge in [-0.1, -0.05) is 44.6 Å². The van der Waals surface area contributed by atoms with Crippen molar-refractivity contribution < 1.29 is 18.8 Å². The Morgan fingerprint density at radius 3 is 2.25 bits per heavy atom. The Kier molecular flexibility index (Phi) is 11.5. The standard InChI is InChI=1S/C20H14N4O2.C6H12.C4H8N2O2/c1-13-5-10-18(26-13)14-6-8-15(9-7-14)22-20(25)17-12-24-16(11-21)3-2-4-19(24)23-17;1-2-4-6-5-3-1;1-5-4(8)2-6-3-7/h2-10,12H,1H3,(H,22,25);1-6H2;3H,2H2,1H3,(H,5,8)(H,6,7). The summed E-state index contributed by atoms with van der Waals surface area (Å²) >= 11 is 0. The van der Waals surface area contributed by atoms with Crippen molar-refractivity contribution in [3.05, 3.63) is 77.9 Å². The summed E-state index contributed by atoms with van der Waals surface area (Å²) in [6, 6.07) is 18.4. The van der Waals surface area contributed by atoms with Gasteiger partial charge in [-0.05, 0) is 55.5 Å². The number of furan rings is 1. The molecule has 40 heavy (non-hydrogen) atoms. The number of benzene rings is 1. The minimum Gasteiger partial charge on any atom is -0.461 e. The third kappa shape index (κ3) is 8.84. The molecule has 1 aromatic carbocycles. The fourth-order valence-corrected chi connectivity index (χ4v) is 4.00. The molecule has 0 spiro atoms. The van der Waals surface area contributed by atoms with Gasteiger partial charge in [0, 0.05) is 24.5 Å². The number of aromatic nitrogens is 2. The maximum Gasteiger partial charge on any atom is 0.275 e. The van der Waals surface area contributed by atoms with Crippen LogP contribution in [-0.2, 0) is 9.59 Å². The van der Waals surface area contributed by atoms with Gasteiger partial charge in [0.05, 0.1) is 6.54 Å². The van der Waals surface area contributed by atoms with Crippen molar-refractivity contribution in [1.29, 1.82) is 5.26 Å². The zero-order chi connectivity index (χ0) is 28.7. The number of carbonyl (C=O) groups is 3. The number of nitriles is 1. The van der Waals surface area contributed by atoms with Crippen LogP contribution in [0, 0.1) is 18.3 Å². The van der Waals surface area contributed by atoms with Crippen LogP contribution in [0.1, 0.15) is 60.5 Å². The minimum absolute atomic E-state index is 0.0556. The Balaban J connectivity index is 0.000000259. The Morgan fingerprint density at radius 2 is 1.70 bits per heavy atom. The molecule has 208 valence electrons. The molecule has 3 aromatic heterocycles. The van der Waals surface area contributed by atoms with Gasteiger partial charge in [0.25, 0.3) is 5.91 Å². The number of hydrogen-bond donors (Lipinski definition) is 3. The molecule has 0 unspecified atom stereocenters. The number of fused-ring (bicyclic) bond motifs is 1. The van der Waals surface area contributed by atoms with Gasteiger partial charge < -0.3 is 20.4 Å². The number of anilines is 1. The molecule has 0 aliphatic heterocycles. The van der Waals surface area contributed by atoms with Crippen LogP contribution in [0.15, 0.2) is 65.2 Å². The molecule has 0 radical (unpaired) electrons. The van der Waals surface area contributed by atoms with E-state index in [1.54, 1.807) is 28.8 Å². The molecule has 3 amide bonds. The fourth-order valence-electron chi connectivity index (χ4n) is 4.00. The third-order valence-corrected chi connectivity index (χ3v) is 6.13. The topological polar surface area (TPSA) is 142 Å². The second-order valence-electron chi connectivity index (χ2n) is 9.11. The zero-order valence-corrected chi connectivity index (χ0v) is 22.8. The monoisotopic (exact) mass is 542 g/mol. The average molecular weight is 543 g/mol. The molecular weight excluding hydrogens is 508 g/mol. The number of imidazole rings is 1. The van der Waals surface area contributed by atoms with E-state index in [2.05, 4.69) is 27.0 Å². The van der Waals surface area contributed by atoms with E-state index in [4.69, 9.17) is 9.68 Å². The van der Waals surface area contributed by atoms with Crippen molar-refractivity contribution in [2.75, 3.05) is 18.9 Å². The van der Waals surface area contributed by atoms with Crippen molar-refractivity contribution in [2.45, 2.75) is 45.4 Å². The van der Waals surface area contributed by atoms with E-state index in [0.29, 0.717) is 23.4 Å². The van der Waals surface area contributed by atoms with Crippen LogP contribution in [0.5, 0.6) is 0 Å². The van der Waals surface area contributed by atoms with Crippen molar-refractivity contribution >= 4 is 29.6 Å². The highest BCUT2D eigenvalue weighted by molar-refractivity contribution is 6.03. The molecule has 1 saturated carbocycles. The highest BCUT2D eigenvalue weighted by Gasteiger charge is 2.13. The number of hydrogen-bond acceptors (Lipinski definition) is 6. The van der Waals surface area contributed by atoms with E-state index >= 15 is 0 Å². The average Bonchev–Trinajstić information content (AvgIpc) is 3.64. The Labute approximate surface area is 233 Å². The van der Waals surface area contributed by atoms with Gasteiger partial charge in [-0.15, -0.1) is 0 Å². The number of nitrogens with one attached hydrogen (secondary N) is 3. The van der Waals surface area contributed by atoms with E-state index in [1.807, 2.05) is 43.3 Å². The fraction of sp³-hybridized carbons (Fsp3) is 0.300. The first-order valence-electron chi connectivity index (χ1n) is 13.2. The molecule has 1 fully saturated rings. The first-order chi connectivity index (χ1) is 19.4. The van der Waals surface area contributed by atoms with E-state index in [9.17, 15) is 14.4 Å². The summed E-state index contributed by atoms with van der Waals surface area (Å²) in [7, 11) is 1.51. The summed E-state index contributed by atoms with van der Waals surface area (Å²) in [5, 5.41) is 16.5. The van der Waals surface area contributed by atoms with Crippen LogP contribution in [0.4, 0.5) is 5.69 Å². The van der Waals surface area contributed by atoms with Crippen LogP contribution in [0.2, 0.25) is 0 Å². The number of carbonyl (C=O) groups excluding carboxylic acids is 3. The molecule has 4 aromatic rings. The highest BCUT2D eigenvalue weighted by atomic mass is 16.3. The molecule has 10 heteroatoms. The number of nitrogens with zero attached hydrogens (tertiary/aromatic N) is 3. The maximum atomic E-state index is 12.5. The number of aryl methyl sites for hydroxylation is 1. The number of amides is 3. The van der Waals surface area contributed by atoms with Crippen molar-refractivity contribution in [3.8, 4) is 17.4 Å². The number of likely N-dealkylation sites (N-methyl/N-ethyl adjacent to an activating group) is 1. The van der Waals surface area contributed by atoms with Crippen LogP contribution in [-0.4, -0.2) is 41.2 Å².